The number of piperazine rings is 1. The van der Waals surface area contributed by atoms with Gasteiger partial charge in [-0.05, 0) is 65.5 Å². The summed E-state index contributed by atoms with van der Waals surface area (Å²) < 4.78 is 0. The van der Waals surface area contributed by atoms with Crippen LogP contribution in [0.25, 0.3) is 10.2 Å². The maximum absolute atomic E-state index is 4.84. The van der Waals surface area contributed by atoms with Gasteiger partial charge in [0.2, 0.25) is 0 Å². The molecule has 148 valence electrons. The zero-order chi connectivity index (χ0) is 19.0. The Morgan fingerprint density at radius 1 is 1.07 bits per heavy atom. The summed E-state index contributed by atoms with van der Waals surface area (Å²) in [7, 11) is 2.22. The average molecular weight is 388 g/mol. The lowest BCUT2D eigenvalue weighted by Crippen LogP contribution is -2.46. The minimum atomic E-state index is 0.0144. The monoisotopic (exact) mass is 387 g/mol. The summed E-state index contributed by atoms with van der Waals surface area (Å²) in [5, 5.41) is 5.10. The van der Waals surface area contributed by atoms with Crippen LogP contribution in [0.4, 0.5) is 5.82 Å². The Morgan fingerprint density at radius 3 is 2.59 bits per heavy atom. The third-order valence-electron chi connectivity index (χ3n) is 6.03. The highest BCUT2D eigenvalue weighted by atomic mass is 32.1. The highest BCUT2D eigenvalue weighted by molar-refractivity contribution is 7.19. The summed E-state index contributed by atoms with van der Waals surface area (Å²) in [6, 6.07) is 0. The Hall–Kier alpha value is -1.24. The van der Waals surface area contributed by atoms with Gasteiger partial charge >= 0.3 is 0 Å². The maximum Gasteiger partial charge on any atom is 0.139 e. The predicted molar refractivity (Wildman–Crippen MR) is 115 cm³/mol. The molecule has 0 radical (unpaired) electrons. The zero-order valence-electron chi connectivity index (χ0n) is 17.3. The molecule has 2 aliphatic rings. The molecule has 0 saturated carbocycles. The molecule has 1 aliphatic heterocycles. The van der Waals surface area contributed by atoms with Gasteiger partial charge in [-0.3, -0.25) is 0 Å². The molecule has 0 amide bonds. The van der Waals surface area contributed by atoms with Crippen molar-refractivity contribution in [1.82, 2.24) is 19.8 Å². The van der Waals surface area contributed by atoms with Crippen molar-refractivity contribution in [2.24, 2.45) is 0 Å². The van der Waals surface area contributed by atoms with E-state index >= 15 is 0 Å². The highest BCUT2D eigenvalue weighted by Gasteiger charge is 2.25. The SMILES string of the molecule is Cc1nc(NC(C)(C)CCN2CCN(C)CC2)c2c3c(sc2n1)CCCC3. The number of likely N-dealkylation sites (N-methyl/N-ethyl adjacent to an activating group) is 1. The van der Waals surface area contributed by atoms with Gasteiger partial charge in [0.25, 0.3) is 0 Å². The lowest BCUT2D eigenvalue weighted by Gasteiger charge is -2.35. The first-order valence-electron chi connectivity index (χ1n) is 10.4. The molecule has 1 fully saturated rings. The van der Waals surface area contributed by atoms with Crippen LogP contribution in [-0.2, 0) is 12.8 Å². The molecule has 1 N–H and O–H groups in total. The molecule has 5 nitrogen and oxygen atoms in total. The molecule has 27 heavy (non-hydrogen) atoms. The summed E-state index contributed by atoms with van der Waals surface area (Å²) in [5.41, 5.74) is 1.53. The van der Waals surface area contributed by atoms with Gasteiger partial charge in [0, 0.05) is 43.1 Å². The van der Waals surface area contributed by atoms with E-state index in [2.05, 4.69) is 36.0 Å². The van der Waals surface area contributed by atoms with Gasteiger partial charge in [-0.15, -0.1) is 11.3 Å². The minimum absolute atomic E-state index is 0.0144. The maximum atomic E-state index is 4.84. The van der Waals surface area contributed by atoms with Gasteiger partial charge in [-0.2, -0.15) is 0 Å². The lowest BCUT2D eigenvalue weighted by atomic mass is 9.96. The Morgan fingerprint density at radius 2 is 1.81 bits per heavy atom. The Bertz CT molecular complexity index is 804. The fourth-order valence-electron chi connectivity index (χ4n) is 4.25. The molecule has 0 atom stereocenters. The number of aromatic nitrogens is 2. The number of rotatable bonds is 5. The fourth-order valence-corrected chi connectivity index (χ4v) is 5.55. The molecule has 0 spiro atoms. The third kappa shape index (κ3) is 4.28. The molecule has 0 unspecified atom stereocenters. The van der Waals surface area contributed by atoms with E-state index in [1.165, 1.54) is 72.5 Å². The second kappa shape index (κ2) is 7.64. The van der Waals surface area contributed by atoms with Crippen LogP contribution in [0.2, 0.25) is 0 Å². The van der Waals surface area contributed by atoms with Crippen molar-refractivity contribution in [3.05, 3.63) is 16.3 Å². The van der Waals surface area contributed by atoms with Crippen molar-refractivity contribution in [3.8, 4) is 0 Å². The number of hydrogen-bond donors (Lipinski definition) is 1. The molecule has 2 aromatic rings. The predicted octanol–water partition coefficient (Wildman–Crippen LogP) is 3.71. The first-order valence-corrected chi connectivity index (χ1v) is 11.2. The Balaban J connectivity index is 1.52. The molecule has 6 heteroatoms. The molecule has 1 aliphatic carbocycles. The topological polar surface area (TPSA) is 44.3 Å². The summed E-state index contributed by atoms with van der Waals surface area (Å²) in [6.45, 7) is 12.5. The van der Waals surface area contributed by atoms with E-state index < -0.39 is 0 Å². The largest absolute Gasteiger partial charge is 0.364 e. The fraction of sp³-hybridized carbons (Fsp3) is 0.714. The number of thiophene rings is 1. The molecule has 1 saturated heterocycles. The van der Waals surface area contributed by atoms with Gasteiger partial charge in [0.15, 0.2) is 0 Å². The van der Waals surface area contributed by atoms with Gasteiger partial charge < -0.3 is 15.1 Å². The van der Waals surface area contributed by atoms with Gasteiger partial charge in [0.05, 0.1) is 5.39 Å². The Kier molecular flexibility index (Phi) is 5.41. The molecular weight excluding hydrogens is 354 g/mol. The van der Waals surface area contributed by atoms with Crippen LogP contribution >= 0.6 is 11.3 Å². The summed E-state index contributed by atoms with van der Waals surface area (Å²) in [5.74, 6) is 1.93. The second-order valence-corrected chi connectivity index (χ2v) is 10.00. The van der Waals surface area contributed by atoms with E-state index in [0.29, 0.717) is 0 Å². The van der Waals surface area contributed by atoms with Crippen LogP contribution in [0.3, 0.4) is 0 Å². The first kappa shape index (κ1) is 19.1. The number of hydrogen-bond acceptors (Lipinski definition) is 6. The second-order valence-electron chi connectivity index (χ2n) is 8.91. The first-order chi connectivity index (χ1) is 12.9. The Labute approximate surface area is 167 Å². The van der Waals surface area contributed by atoms with Crippen LogP contribution in [0.5, 0.6) is 0 Å². The van der Waals surface area contributed by atoms with E-state index in [-0.39, 0.29) is 5.54 Å². The standard InChI is InChI=1S/C21H33N5S/c1-15-22-19(18-16-7-5-6-8-17(16)27-20(18)23-15)24-21(2,3)9-10-26-13-11-25(4)12-14-26/h5-14H2,1-4H3,(H,22,23,24). The minimum Gasteiger partial charge on any atom is -0.364 e. The molecule has 0 aromatic carbocycles. The summed E-state index contributed by atoms with van der Waals surface area (Å²) in [6.07, 6.45) is 6.11. The van der Waals surface area contributed by atoms with Crippen molar-refractivity contribution in [3.63, 3.8) is 0 Å². The smallest absolute Gasteiger partial charge is 0.139 e. The molecule has 2 aromatic heterocycles. The van der Waals surface area contributed by atoms with Gasteiger partial charge in [-0.25, -0.2) is 9.97 Å². The normalized spacial score (nSPS) is 19.4. The molecular formula is C21H33N5S. The van der Waals surface area contributed by atoms with Crippen LogP contribution in [-0.4, -0.2) is 65.1 Å². The van der Waals surface area contributed by atoms with Crippen LogP contribution in [0.1, 0.15) is 49.4 Å². The molecule has 0 bridgehead atoms. The van der Waals surface area contributed by atoms with Crippen LogP contribution in [0.15, 0.2) is 0 Å². The van der Waals surface area contributed by atoms with Gasteiger partial charge in [-0.1, -0.05) is 0 Å². The third-order valence-corrected chi connectivity index (χ3v) is 7.22. The van der Waals surface area contributed by atoms with Crippen molar-refractivity contribution < 1.29 is 0 Å². The molecule has 3 heterocycles. The number of anilines is 1. The van der Waals surface area contributed by atoms with E-state index in [1.807, 2.05) is 18.3 Å². The quantitative estimate of drug-likeness (QED) is 0.847. The van der Waals surface area contributed by atoms with Crippen molar-refractivity contribution in [2.45, 2.75) is 58.4 Å². The average Bonchev–Trinajstić information content (AvgIpc) is 2.99. The van der Waals surface area contributed by atoms with Gasteiger partial charge in [0.1, 0.15) is 16.5 Å². The van der Waals surface area contributed by atoms with E-state index in [4.69, 9.17) is 9.97 Å². The highest BCUT2D eigenvalue weighted by Crippen LogP contribution is 2.39. The zero-order valence-corrected chi connectivity index (χ0v) is 18.1. The van der Waals surface area contributed by atoms with Crippen molar-refractivity contribution in [1.29, 1.82) is 0 Å². The number of nitrogens with one attached hydrogen (secondary N) is 1. The summed E-state index contributed by atoms with van der Waals surface area (Å²) in [4.78, 5) is 17.3. The van der Waals surface area contributed by atoms with E-state index in [0.717, 1.165) is 24.6 Å². The number of nitrogens with zero attached hydrogens (tertiary/aromatic N) is 4. The van der Waals surface area contributed by atoms with E-state index in [1.54, 1.807) is 0 Å². The van der Waals surface area contributed by atoms with Crippen molar-refractivity contribution >= 4 is 27.4 Å². The van der Waals surface area contributed by atoms with Crippen molar-refractivity contribution in [2.75, 3.05) is 45.1 Å². The van der Waals surface area contributed by atoms with Crippen LogP contribution in [0, 0.1) is 6.92 Å². The number of aryl methyl sites for hydroxylation is 3. The molecule has 4 rings (SSSR count). The number of fused-ring (bicyclic) bond motifs is 3. The summed E-state index contributed by atoms with van der Waals surface area (Å²) >= 11 is 1.89. The lowest BCUT2D eigenvalue weighted by molar-refractivity contribution is 0.147. The van der Waals surface area contributed by atoms with Crippen LogP contribution < -0.4 is 5.32 Å². The van der Waals surface area contributed by atoms with E-state index in [9.17, 15) is 0 Å².